The Morgan fingerprint density at radius 1 is 1.15 bits per heavy atom. The van der Waals surface area contributed by atoms with Crippen LogP contribution in [0.4, 0.5) is 0 Å². The Kier molecular flexibility index (Phi) is 9.76. The zero-order valence-electron chi connectivity index (χ0n) is 20.8. The predicted octanol–water partition coefficient (Wildman–Crippen LogP) is 5.59. The van der Waals surface area contributed by atoms with Gasteiger partial charge in [-0.2, -0.15) is 0 Å². The van der Waals surface area contributed by atoms with E-state index in [9.17, 15) is 0 Å². The number of aryl methyl sites for hydroxylation is 2. The quantitative estimate of drug-likeness (QED) is 0.219. The van der Waals surface area contributed by atoms with Gasteiger partial charge in [0.25, 0.3) is 0 Å². The molecule has 1 aromatic heterocycles. The van der Waals surface area contributed by atoms with E-state index in [4.69, 9.17) is 9.41 Å². The van der Waals surface area contributed by atoms with E-state index >= 15 is 0 Å². The normalized spacial score (nSPS) is 16.3. The summed E-state index contributed by atoms with van der Waals surface area (Å²) in [7, 11) is 0. The molecule has 1 fully saturated rings. The summed E-state index contributed by atoms with van der Waals surface area (Å²) < 4.78 is 5.76. The first-order valence-electron chi connectivity index (χ1n) is 12.2. The number of aliphatic imine (C=N–C) groups is 1. The number of benzene rings is 2. The zero-order valence-corrected chi connectivity index (χ0v) is 23.1. The number of rotatable bonds is 7. The van der Waals surface area contributed by atoms with Crippen molar-refractivity contribution in [1.29, 1.82) is 0 Å². The summed E-state index contributed by atoms with van der Waals surface area (Å²) in [4.78, 5) is 11.9. The van der Waals surface area contributed by atoms with Crippen molar-refractivity contribution in [2.24, 2.45) is 10.9 Å². The average Bonchev–Trinajstić information content (AvgIpc) is 3.14. The molecule has 2 N–H and O–H groups in total. The number of hydrogen-bond acceptors (Lipinski definition) is 4. The smallest absolute Gasteiger partial charge is 0.208 e. The molecule has 1 aliphatic heterocycles. The largest absolute Gasteiger partial charge is 0.444 e. The summed E-state index contributed by atoms with van der Waals surface area (Å²) in [6.07, 6.45) is 2.31. The van der Waals surface area contributed by atoms with Crippen molar-refractivity contribution in [3.05, 3.63) is 65.4 Å². The minimum atomic E-state index is 0. The highest BCUT2D eigenvalue weighted by atomic mass is 127. The molecule has 34 heavy (non-hydrogen) atoms. The molecular formula is C27H38IN5O. The molecule has 0 aliphatic carbocycles. The lowest BCUT2D eigenvalue weighted by Crippen LogP contribution is -2.39. The van der Waals surface area contributed by atoms with Crippen molar-refractivity contribution >= 4 is 40.7 Å². The second-order valence-corrected chi connectivity index (χ2v) is 9.16. The molecular weight excluding hydrogens is 537 g/mol. The maximum absolute atomic E-state index is 5.76. The third-order valence-electron chi connectivity index (χ3n) is 6.62. The van der Waals surface area contributed by atoms with Crippen LogP contribution >= 0.6 is 24.0 Å². The first-order chi connectivity index (χ1) is 16.0. The Hall–Kier alpha value is -2.13. The summed E-state index contributed by atoms with van der Waals surface area (Å²) in [5.41, 5.74) is 2.26. The Morgan fingerprint density at radius 2 is 1.88 bits per heavy atom. The summed E-state index contributed by atoms with van der Waals surface area (Å²) in [6, 6.07) is 15.3. The standard InChI is InChI=1S/C27H37N5O.HI/c1-5-28-27(31-20(3)24-11-10-23-8-6-7-9-25(23)16-24)29-17-22-12-14-32(15-13-22)18-26-30-19(2)21(4)33-26;/h6-11,16,20,22H,5,12-15,17-18H2,1-4H3,(H2,28,29,31);1H. The third-order valence-corrected chi connectivity index (χ3v) is 6.62. The summed E-state index contributed by atoms with van der Waals surface area (Å²) in [5, 5.41) is 9.55. The highest BCUT2D eigenvalue weighted by Gasteiger charge is 2.21. The van der Waals surface area contributed by atoms with Crippen LogP contribution in [0.3, 0.4) is 0 Å². The second kappa shape index (κ2) is 12.5. The van der Waals surface area contributed by atoms with Gasteiger partial charge in [-0.1, -0.05) is 36.4 Å². The van der Waals surface area contributed by atoms with Crippen molar-refractivity contribution in [2.45, 2.75) is 53.1 Å². The van der Waals surface area contributed by atoms with Crippen LogP contribution in [-0.2, 0) is 6.54 Å². The Labute approximate surface area is 220 Å². The highest BCUT2D eigenvalue weighted by molar-refractivity contribution is 14.0. The van der Waals surface area contributed by atoms with E-state index in [2.05, 4.69) is 76.8 Å². The molecule has 4 rings (SSSR count). The fraction of sp³-hybridized carbons (Fsp3) is 0.481. The van der Waals surface area contributed by atoms with Crippen LogP contribution in [0.25, 0.3) is 10.8 Å². The van der Waals surface area contributed by atoms with E-state index in [0.717, 1.165) is 68.9 Å². The number of guanidine groups is 1. The molecule has 2 heterocycles. The van der Waals surface area contributed by atoms with Gasteiger partial charge in [-0.25, -0.2) is 4.98 Å². The lowest BCUT2D eigenvalue weighted by Gasteiger charge is -2.30. The van der Waals surface area contributed by atoms with Gasteiger partial charge < -0.3 is 15.1 Å². The van der Waals surface area contributed by atoms with Gasteiger partial charge in [-0.15, -0.1) is 24.0 Å². The molecule has 6 nitrogen and oxygen atoms in total. The van der Waals surface area contributed by atoms with E-state index in [-0.39, 0.29) is 30.0 Å². The molecule has 0 saturated carbocycles. The van der Waals surface area contributed by atoms with Crippen LogP contribution in [0.1, 0.15) is 55.6 Å². The van der Waals surface area contributed by atoms with Gasteiger partial charge in [-0.3, -0.25) is 9.89 Å². The summed E-state index contributed by atoms with van der Waals surface area (Å²) in [5.74, 6) is 3.27. The fourth-order valence-corrected chi connectivity index (χ4v) is 4.43. The number of aromatic nitrogens is 1. The number of oxazole rings is 1. The van der Waals surface area contributed by atoms with E-state index < -0.39 is 0 Å². The highest BCUT2D eigenvalue weighted by Crippen LogP contribution is 2.22. The zero-order chi connectivity index (χ0) is 23.2. The Balaban J connectivity index is 0.00000324. The van der Waals surface area contributed by atoms with E-state index in [1.54, 1.807) is 0 Å². The van der Waals surface area contributed by atoms with E-state index in [1.165, 1.54) is 16.3 Å². The van der Waals surface area contributed by atoms with Crippen LogP contribution in [0.2, 0.25) is 0 Å². The number of halogens is 1. The molecule has 0 bridgehead atoms. The summed E-state index contributed by atoms with van der Waals surface area (Å²) in [6.45, 7) is 12.9. The van der Waals surface area contributed by atoms with Gasteiger partial charge >= 0.3 is 0 Å². The van der Waals surface area contributed by atoms with Crippen molar-refractivity contribution in [2.75, 3.05) is 26.2 Å². The van der Waals surface area contributed by atoms with E-state index in [0.29, 0.717) is 5.92 Å². The number of hydrogen-bond donors (Lipinski definition) is 2. The lowest BCUT2D eigenvalue weighted by molar-refractivity contribution is 0.166. The molecule has 1 atom stereocenters. The van der Waals surface area contributed by atoms with Crippen LogP contribution < -0.4 is 10.6 Å². The number of likely N-dealkylation sites (tertiary alicyclic amines) is 1. The first kappa shape index (κ1) is 26.5. The maximum atomic E-state index is 5.76. The topological polar surface area (TPSA) is 65.7 Å². The molecule has 184 valence electrons. The van der Waals surface area contributed by atoms with Crippen molar-refractivity contribution in [3.63, 3.8) is 0 Å². The van der Waals surface area contributed by atoms with Gasteiger partial charge in [-0.05, 0) is 81.9 Å². The second-order valence-electron chi connectivity index (χ2n) is 9.16. The van der Waals surface area contributed by atoms with Crippen LogP contribution in [0, 0.1) is 19.8 Å². The molecule has 1 aliphatic rings. The summed E-state index contributed by atoms with van der Waals surface area (Å²) >= 11 is 0. The monoisotopic (exact) mass is 575 g/mol. The predicted molar refractivity (Wildman–Crippen MR) is 151 cm³/mol. The van der Waals surface area contributed by atoms with Gasteiger partial charge in [0.1, 0.15) is 5.76 Å². The van der Waals surface area contributed by atoms with Crippen LogP contribution in [-0.4, -0.2) is 42.0 Å². The number of nitrogens with zero attached hydrogens (tertiary/aromatic N) is 3. The number of fused-ring (bicyclic) bond motifs is 1. The van der Waals surface area contributed by atoms with Crippen molar-refractivity contribution in [3.8, 4) is 0 Å². The van der Waals surface area contributed by atoms with E-state index in [1.807, 2.05) is 13.8 Å². The number of piperidine rings is 1. The van der Waals surface area contributed by atoms with Gasteiger partial charge in [0, 0.05) is 13.1 Å². The molecule has 0 spiro atoms. The van der Waals surface area contributed by atoms with Crippen LogP contribution in [0.5, 0.6) is 0 Å². The van der Waals surface area contributed by atoms with Gasteiger partial charge in [0.2, 0.25) is 5.89 Å². The molecule has 1 saturated heterocycles. The van der Waals surface area contributed by atoms with Gasteiger partial charge in [0.05, 0.1) is 18.3 Å². The third kappa shape index (κ3) is 6.95. The average molecular weight is 576 g/mol. The maximum Gasteiger partial charge on any atom is 0.208 e. The first-order valence-corrected chi connectivity index (χ1v) is 12.2. The molecule has 7 heteroatoms. The van der Waals surface area contributed by atoms with Crippen molar-refractivity contribution in [1.82, 2.24) is 20.5 Å². The molecule has 0 radical (unpaired) electrons. The fourth-order valence-electron chi connectivity index (χ4n) is 4.43. The molecule has 1 unspecified atom stereocenters. The van der Waals surface area contributed by atoms with Gasteiger partial charge in [0.15, 0.2) is 5.96 Å². The minimum Gasteiger partial charge on any atom is -0.444 e. The van der Waals surface area contributed by atoms with Crippen molar-refractivity contribution < 1.29 is 4.42 Å². The molecule has 3 aromatic rings. The SMILES string of the molecule is CCNC(=NCC1CCN(Cc2nc(C)c(C)o2)CC1)NC(C)c1ccc2ccccc2c1.I. The molecule has 0 amide bonds. The number of nitrogens with one attached hydrogen (secondary N) is 2. The Morgan fingerprint density at radius 3 is 2.56 bits per heavy atom. The Bertz CT molecular complexity index is 1070. The van der Waals surface area contributed by atoms with Crippen LogP contribution in [0.15, 0.2) is 51.9 Å². The lowest BCUT2D eigenvalue weighted by atomic mass is 9.97. The minimum absolute atomic E-state index is 0. The molecule has 2 aromatic carbocycles.